The number of aliphatic hydroxyl groups is 5. The molecule has 1 heterocycles. The van der Waals surface area contributed by atoms with Gasteiger partial charge in [-0.1, -0.05) is 29.8 Å². The van der Waals surface area contributed by atoms with Crippen LogP contribution in [0, 0.1) is 5.82 Å². The first kappa shape index (κ1) is 42.7. The quantitative estimate of drug-likeness (QED) is 0.0778. The highest BCUT2D eigenvalue weighted by molar-refractivity contribution is 7.89. The highest BCUT2D eigenvalue weighted by Crippen LogP contribution is 2.53. The number of carbonyl (C=O) groups excluding carboxylic acids is 1. The molecule has 0 bridgehead atoms. The number of para-hydroxylation sites is 1. The molecule has 2 saturated carbocycles. The molecule has 7 N–H and O–H groups in total. The van der Waals surface area contributed by atoms with E-state index in [4.69, 9.17) is 26.2 Å². The Kier molecular flexibility index (Phi) is 14.5. The zero-order valence-corrected chi connectivity index (χ0v) is 32.3. The number of pyridine rings is 1. The van der Waals surface area contributed by atoms with Crippen molar-refractivity contribution in [1.82, 2.24) is 19.9 Å². The summed E-state index contributed by atoms with van der Waals surface area (Å²) in [5.41, 5.74) is 2.33. The van der Waals surface area contributed by atoms with E-state index >= 15 is 4.39 Å². The number of rotatable bonds is 21. The van der Waals surface area contributed by atoms with E-state index < -0.39 is 76.0 Å². The second kappa shape index (κ2) is 18.7. The zero-order valence-electron chi connectivity index (χ0n) is 30.8. The number of nitrogens with one attached hydrogen (secondary N) is 2. The second-order valence-electron chi connectivity index (χ2n) is 14.2. The Morgan fingerprint density at radius 3 is 2.42 bits per heavy atom. The molecule has 2 aliphatic rings. The number of amides is 2. The molecule has 2 aromatic carbocycles. The monoisotopic (exact) mass is 808 g/mol. The molecule has 0 spiro atoms. The number of hydrogen-bond donors (Lipinski definition) is 7. The third-order valence-corrected chi connectivity index (χ3v) is 12.1. The Hall–Kier alpha value is -3.45. The summed E-state index contributed by atoms with van der Waals surface area (Å²) in [5, 5.41) is 52.7. The lowest BCUT2D eigenvalue weighted by atomic mass is 9.96. The maximum Gasteiger partial charge on any atom is 0.314 e. The van der Waals surface area contributed by atoms with Crippen LogP contribution in [0.25, 0.3) is 11.1 Å². The molecule has 302 valence electrons. The summed E-state index contributed by atoms with van der Waals surface area (Å²) in [7, 11) is -4.34. The van der Waals surface area contributed by atoms with Crippen molar-refractivity contribution in [2.45, 2.75) is 106 Å². The van der Waals surface area contributed by atoms with Crippen molar-refractivity contribution < 1.29 is 52.6 Å². The van der Waals surface area contributed by atoms with Gasteiger partial charge in [0.15, 0.2) is 0 Å². The number of halogens is 2. The molecular formula is C38H50ClFN4O10S. The van der Waals surface area contributed by atoms with Crippen molar-refractivity contribution >= 4 is 27.7 Å². The van der Waals surface area contributed by atoms with Crippen LogP contribution in [-0.4, -0.2) is 112 Å². The number of ether oxygens (including phenoxy) is 2. The standard InChI is InChI=1S/C38H50ClFN4O10S/c1-23(2)44(16-6-5-14-42-37(50)43-20-31(46)35(48)36(49)32(47)21-45)55(51,52)34-17-24(29(39)18-30(34)40)22-53-38(12-13-38)28-19-41-15-11-26(28)27-7-3-4-8-33(27)54-25-9-10-25/h3-4,7-8,11,15,17-19,23,25,31-32,35-36,45-49H,5-6,9-10,12-14,16,20-22H2,1-2H3,(H2,42,43,50)/t31-,32+,35+,36+/m0/s1. The predicted molar refractivity (Wildman–Crippen MR) is 201 cm³/mol. The number of hydrogen-bond acceptors (Lipinski definition) is 11. The highest BCUT2D eigenvalue weighted by Gasteiger charge is 2.48. The topological polar surface area (TPSA) is 211 Å². The number of benzene rings is 2. The molecule has 14 nitrogen and oxygen atoms in total. The molecule has 2 fully saturated rings. The lowest BCUT2D eigenvalue weighted by Gasteiger charge is -2.27. The van der Waals surface area contributed by atoms with Gasteiger partial charge in [0, 0.05) is 54.2 Å². The fourth-order valence-corrected chi connectivity index (χ4v) is 8.15. The lowest BCUT2D eigenvalue weighted by Crippen LogP contribution is -2.50. The van der Waals surface area contributed by atoms with Crippen molar-refractivity contribution in [3.05, 3.63) is 76.8 Å². The van der Waals surface area contributed by atoms with Crippen LogP contribution in [-0.2, 0) is 27.0 Å². The highest BCUT2D eigenvalue weighted by atomic mass is 35.5. The number of nitrogens with zero attached hydrogens (tertiary/aromatic N) is 2. The molecule has 0 radical (unpaired) electrons. The molecule has 0 unspecified atom stereocenters. The largest absolute Gasteiger partial charge is 0.490 e. The maximum atomic E-state index is 15.4. The molecule has 2 aliphatic carbocycles. The van der Waals surface area contributed by atoms with Gasteiger partial charge in [-0.25, -0.2) is 17.6 Å². The Labute approximate surface area is 325 Å². The molecule has 5 rings (SSSR count). The van der Waals surface area contributed by atoms with Gasteiger partial charge in [0.05, 0.1) is 31.0 Å². The molecule has 0 saturated heterocycles. The number of aliphatic hydroxyl groups excluding tert-OH is 5. The number of sulfonamides is 1. The maximum absolute atomic E-state index is 15.4. The van der Waals surface area contributed by atoms with Gasteiger partial charge in [-0.05, 0) is 87.8 Å². The minimum Gasteiger partial charge on any atom is -0.490 e. The average molecular weight is 809 g/mol. The van der Waals surface area contributed by atoms with Crippen molar-refractivity contribution in [3.63, 3.8) is 0 Å². The smallest absolute Gasteiger partial charge is 0.314 e. The summed E-state index contributed by atoms with van der Waals surface area (Å²) in [4.78, 5) is 16.0. The van der Waals surface area contributed by atoms with E-state index in [2.05, 4.69) is 15.6 Å². The van der Waals surface area contributed by atoms with Gasteiger partial charge >= 0.3 is 6.03 Å². The van der Waals surface area contributed by atoms with Crippen LogP contribution >= 0.6 is 11.6 Å². The van der Waals surface area contributed by atoms with E-state index in [-0.39, 0.29) is 30.8 Å². The number of carbonyl (C=O) groups is 1. The lowest BCUT2D eigenvalue weighted by molar-refractivity contribution is -0.113. The summed E-state index contributed by atoms with van der Waals surface area (Å²) in [6, 6.07) is 10.7. The van der Waals surface area contributed by atoms with Crippen LogP contribution in [0.5, 0.6) is 5.75 Å². The molecule has 3 aromatic rings. The number of aromatic nitrogens is 1. The van der Waals surface area contributed by atoms with Crippen LogP contribution in [0.15, 0.2) is 59.8 Å². The van der Waals surface area contributed by atoms with Crippen LogP contribution < -0.4 is 15.4 Å². The Morgan fingerprint density at radius 1 is 1.04 bits per heavy atom. The van der Waals surface area contributed by atoms with Gasteiger partial charge in [0.1, 0.15) is 34.8 Å². The first-order valence-corrected chi connectivity index (χ1v) is 20.2. The van der Waals surface area contributed by atoms with Crippen molar-refractivity contribution in [2.24, 2.45) is 0 Å². The summed E-state index contributed by atoms with van der Waals surface area (Å²) < 4.78 is 57.1. The molecule has 1 aromatic heterocycles. The van der Waals surface area contributed by atoms with Crippen molar-refractivity contribution in [1.29, 1.82) is 0 Å². The molecular weight excluding hydrogens is 759 g/mol. The minimum atomic E-state index is -4.34. The summed E-state index contributed by atoms with van der Waals surface area (Å²) in [6.07, 6.45) is 0.836. The number of unbranched alkanes of at least 4 members (excludes halogenated alkanes) is 1. The first-order valence-electron chi connectivity index (χ1n) is 18.4. The third-order valence-electron chi connectivity index (χ3n) is 9.67. The summed E-state index contributed by atoms with van der Waals surface area (Å²) in [6.45, 7) is 2.12. The van der Waals surface area contributed by atoms with E-state index in [1.807, 2.05) is 30.3 Å². The van der Waals surface area contributed by atoms with Gasteiger partial charge in [-0.15, -0.1) is 0 Å². The van der Waals surface area contributed by atoms with Crippen LogP contribution in [0.4, 0.5) is 9.18 Å². The van der Waals surface area contributed by atoms with Gasteiger partial charge in [0.25, 0.3) is 0 Å². The molecule has 17 heteroatoms. The number of urea groups is 1. The van der Waals surface area contributed by atoms with Crippen LogP contribution in [0.1, 0.15) is 63.5 Å². The van der Waals surface area contributed by atoms with E-state index in [0.29, 0.717) is 31.2 Å². The second-order valence-corrected chi connectivity index (χ2v) is 16.5. The Bertz CT molecular complexity index is 1880. The van der Waals surface area contributed by atoms with E-state index in [1.165, 1.54) is 10.4 Å². The van der Waals surface area contributed by atoms with E-state index in [1.54, 1.807) is 26.2 Å². The van der Waals surface area contributed by atoms with Crippen molar-refractivity contribution in [2.75, 3.05) is 26.2 Å². The fraction of sp³-hybridized carbons (Fsp3) is 0.526. The van der Waals surface area contributed by atoms with Gasteiger partial charge in [0.2, 0.25) is 10.0 Å². The van der Waals surface area contributed by atoms with E-state index in [9.17, 15) is 33.6 Å². The van der Waals surface area contributed by atoms with Gasteiger partial charge in [-0.3, -0.25) is 4.98 Å². The normalized spacial score (nSPS) is 17.4. The molecule has 55 heavy (non-hydrogen) atoms. The Balaban J connectivity index is 1.19. The molecule has 2 amide bonds. The van der Waals surface area contributed by atoms with Crippen molar-refractivity contribution in [3.8, 4) is 16.9 Å². The van der Waals surface area contributed by atoms with Gasteiger partial charge in [-0.2, -0.15) is 4.31 Å². The summed E-state index contributed by atoms with van der Waals surface area (Å²) in [5.74, 6) is -0.211. The minimum absolute atomic E-state index is 0.0198. The predicted octanol–water partition coefficient (Wildman–Crippen LogP) is 3.20. The molecule has 4 atom stereocenters. The zero-order chi connectivity index (χ0) is 39.9. The van der Waals surface area contributed by atoms with Crippen LogP contribution in [0.3, 0.4) is 0 Å². The Morgan fingerprint density at radius 2 is 1.75 bits per heavy atom. The summed E-state index contributed by atoms with van der Waals surface area (Å²) >= 11 is 6.47. The SMILES string of the molecule is CC(C)N(CCCCNC(=O)NC[C@H](O)[C@@H](O)[C@H](O)[C@H](O)CO)S(=O)(=O)c1cc(COC2(c3cnccc3-c3ccccc3OC3CC3)CC2)c(Cl)cc1F. The fourth-order valence-electron chi connectivity index (χ4n) is 6.17. The first-order chi connectivity index (χ1) is 26.2. The van der Waals surface area contributed by atoms with Gasteiger partial charge < -0.3 is 45.6 Å². The third kappa shape index (κ3) is 10.7. The van der Waals surface area contributed by atoms with Crippen LogP contribution in [0.2, 0.25) is 5.02 Å². The molecule has 0 aliphatic heterocycles. The average Bonchev–Trinajstić information content (AvgIpc) is 4.11. The van der Waals surface area contributed by atoms with E-state index in [0.717, 1.165) is 41.3 Å².